The van der Waals surface area contributed by atoms with Gasteiger partial charge >= 0.3 is 0 Å². The first-order valence-electron chi connectivity index (χ1n) is 32.0. The summed E-state index contributed by atoms with van der Waals surface area (Å²) in [5.41, 5.74) is 6.08. The second-order valence-corrected chi connectivity index (χ2v) is 28.2. The molecule has 0 radical (unpaired) electrons. The van der Waals surface area contributed by atoms with Crippen molar-refractivity contribution in [1.82, 2.24) is 51.9 Å². The molecule has 3 unspecified atom stereocenters. The van der Waals surface area contributed by atoms with Crippen LogP contribution in [-0.2, 0) is 59.4 Å². The molecule has 2 saturated heterocycles. The van der Waals surface area contributed by atoms with Crippen LogP contribution in [0.4, 0.5) is 5.69 Å². The lowest BCUT2D eigenvalue weighted by Gasteiger charge is -2.42. The van der Waals surface area contributed by atoms with Crippen LogP contribution in [0.2, 0.25) is 0 Å². The first-order chi connectivity index (χ1) is 42.9. The van der Waals surface area contributed by atoms with Crippen molar-refractivity contribution < 1.29 is 43.2 Å². The number of aryl methyl sites for hydroxylation is 2. The van der Waals surface area contributed by atoms with Gasteiger partial charge in [0.05, 0.1) is 29.9 Å². The molecule has 2 fully saturated rings. The lowest BCUT2D eigenvalue weighted by molar-refractivity contribution is -0.145. The first-order valence-corrected chi connectivity index (χ1v) is 33.0. The highest BCUT2D eigenvalue weighted by molar-refractivity contribution is 8.01. The maximum absolute atomic E-state index is 15.5. The second kappa shape index (κ2) is 29.1. The summed E-state index contributed by atoms with van der Waals surface area (Å²) in [5.74, 6) is -3.25. The van der Waals surface area contributed by atoms with E-state index < -0.39 is 82.0 Å². The molecule has 5 aliphatic rings. The minimum Gasteiger partial charge on any atom is -0.347 e. The molecule has 90 heavy (non-hydrogen) atoms. The number of benzene rings is 4. The Morgan fingerprint density at radius 2 is 1.11 bits per heavy atom. The Morgan fingerprint density at radius 1 is 0.578 bits per heavy atom. The minimum absolute atomic E-state index is 0.00967. The van der Waals surface area contributed by atoms with Crippen molar-refractivity contribution in [3.63, 3.8) is 0 Å². The van der Waals surface area contributed by atoms with Crippen molar-refractivity contribution in [3.8, 4) is 0 Å². The van der Waals surface area contributed by atoms with Crippen molar-refractivity contribution in [2.24, 2.45) is 5.41 Å². The SMILES string of the molecule is CN[C@@H](C)C(=O)N[C@H](C(=O)N1CC(NC(=O)c2ccc(C(=O)Nc3ccc4c(c3)CN(C(=O)[C@@H](NC(=O)[C@H](C)NC)C(C)(C)SCC(=O)N3CCCCC3)C(C(=O)N[C@@H]3CCCc5ccccc53)C4)cc2)C[C@H]1C(=O)NC1CCCc2ccccc21)C(C)(C)C. The molecule has 20 nitrogen and oxygen atoms in total. The summed E-state index contributed by atoms with van der Waals surface area (Å²) in [4.78, 5) is 133. The number of anilines is 1. The maximum atomic E-state index is 15.5. The smallest absolute Gasteiger partial charge is 0.255 e. The molecule has 9 rings (SSSR count). The molecule has 9 amide bonds. The Hall–Kier alpha value is -7.62. The highest BCUT2D eigenvalue weighted by Gasteiger charge is 2.48. The fraction of sp³-hybridized carbons (Fsp3) is 0.522. The summed E-state index contributed by atoms with van der Waals surface area (Å²) in [6, 6.07) is 21.1. The van der Waals surface area contributed by atoms with Crippen LogP contribution < -0.4 is 42.5 Å². The number of fused-ring (bicyclic) bond motifs is 3. The van der Waals surface area contributed by atoms with E-state index in [0.29, 0.717) is 24.3 Å². The van der Waals surface area contributed by atoms with Gasteiger partial charge in [-0.1, -0.05) is 75.4 Å². The Kier molecular flexibility index (Phi) is 21.6. The molecule has 21 heteroatoms. The van der Waals surface area contributed by atoms with Crippen molar-refractivity contribution in [1.29, 1.82) is 0 Å². The normalized spacial score (nSPS) is 21.2. The van der Waals surface area contributed by atoms with E-state index in [1.165, 1.54) is 51.4 Å². The Bertz CT molecular complexity index is 3330. The fourth-order valence-electron chi connectivity index (χ4n) is 13.0. The number of nitrogens with zero attached hydrogens (tertiary/aromatic N) is 3. The van der Waals surface area contributed by atoms with Crippen LogP contribution in [0.5, 0.6) is 0 Å². The number of carbonyl (C=O) groups excluding carboxylic acids is 9. The van der Waals surface area contributed by atoms with Crippen molar-refractivity contribution in [2.75, 3.05) is 44.8 Å². The van der Waals surface area contributed by atoms with Crippen LogP contribution in [0.1, 0.15) is 166 Å². The van der Waals surface area contributed by atoms with E-state index in [9.17, 15) is 38.4 Å². The van der Waals surface area contributed by atoms with E-state index in [2.05, 4.69) is 54.7 Å². The predicted molar refractivity (Wildman–Crippen MR) is 348 cm³/mol. The van der Waals surface area contributed by atoms with Crippen LogP contribution in [-0.4, -0.2) is 154 Å². The maximum Gasteiger partial charge on any atom is 0.255 e. The molecule has 2 aliphatic carbocycles. The van der Waals surface area contributed by atoms with Gasteiger partial charge in [0.25, 0.3) is 11.8 Å². The summed E-state index contributed by atoms with van der Waals surface area (Å²) in [5, 5.41) is 24.4. The number of likely N-dealkylation sites (N-methyl/N-ethyl adjacent to an activating group) is 2. The Morgan fingerprint density at radius 3 is 1.68 bits per heavy atom. The lowest BCUT2D eigenvalue weighted by atomic mass is 9.85. The number of nitrogens with one attached hydrogen (secondary N) is 8. The minimum atomic E-state index is -1.16. The molecule has 4 aromatic rings. The predicted octanol–water partition coefficient (Wildman–Crippen LogP) is 6.03. The second-order valence-electron chi connectivity index (χ2n) is 26.5. The zero-order valence-corrected chi connectivity index (χ0v) is 54.4. The number of likely N-dealkylation sites (tertiary alicyclic amines) is 2. The topological polar surface area (TPSA) is 260 Å². The quantitative estimate of drug-likeness (QED) is 0.0505. The van der Waals surface area contributed by atoms with Crippen molar-refractivity contribution in [3.05, 3.63) is 136 Å². The molecule has 9 atom stereocenters. The van der Waals surface area contributed by atoms with E-state index in [1.807, 2.05) is 82.0 Å². The van der Waals surface area contributed by atoms with Gasteiger partial charge in [0.2, 0.25) is 41.4 Å². The van der Waals surface area contributed by atoms with E-state index in [1.54, 1.807) is 40.1 Å². The van der Waals surface area contributed by atoms with Gasteiger partial charge in [-0.3, -0.25) is 43.2 Å². The average Bonchev–Trinajstić information content (AvgIpc) is 3.17. The van der Waals surface area contributed by atoms with Gasteiger partial charge in [-0.15, -0.1) is 11.8 Å². The molecule has 8 N–H and O–H groups in total. The average molecular weight is 1250 g/mol. The standard InChI is InChI=1S/C69H91N11O9S/c1-41(70-8)60(82)76-58(68(3,4)5)66(88)80-39-50(37-56(80)65(87)75-54-26-18-22-44-20-12-14-24-52(44)54)73-63(85)46-29-27-45(28-30-46)62(84)72-49-32-31-47-36-55(64(86)74-53-25-17-21-43-19-11-13-23-51(43)53)79(38-48(47)35-49)67(89)59(77-61(83)42(2)71-9)69(6,7)90-40-57(81)78-33-15-10-16-34-78/h11-14,19-20,23-24,27-32,35,41-42,50,53-56,58-59,70-71H,10,15-18,21-22,25-26,33-34,36-40H2,1-9H3,(H,72,84)(H,73,85)(H,74,86)(H,75,87)(H,76,82)(H,77,83)/t41-,42-,50?,53+,54?,55?,56-,58+,59+/m0/s1. The summed E-state index contributed by atoms with van der Waals surface area (Å²) < 4.78 is -1.02. The number of piperidine rings is 1. The number of hydrogen-bond donors (Lipinski definition) is 8. The largest absolute Gasteiger partial charge is 0.347 e. The number of hydrogen-bond acceptors (Lipinski definition) is 12. The van der Waals surface area contributed by atoms with Gasteiger partial charge in [0, 0.05) is 60.2 Å². The fourth-order valence-corrected chi connectivity index (χ4v) is 14.0. The molecule has 0 aromatic heterocycles. The third-order valence-corrected chi connectivity index (χ3v) is 20.1. The molecule has 0 bridgehead atoms. The van der Waals surface area contributed by atoms with Crippen molar-refractivity contribution >= 4 is 70.6 Å². The summed E-state index contributed by atoms with van der Waals surface area (Å²) in [6.45, 7) is 14.0. The van der Waals surface area contributed by atoms with Crippen LogP contribution in [0.15, 0.2) is 91.0 Å². The van der Waals surface area contributed by atoms with Gasteiger partial charge < -0.3 is 57.2 Å². The zero-order chi connectivity index (χ0) is 64.6. The van der Waals surface area contributed by atoms with E-state index in [4.69, 9.17) is 0 Å². The van der Waals surface area contributed by atoms with Crippen LogP contribution in [0.25, 0.3) is 0 Å². The highest BCUT2D eigenvalue weighted by Crippen LogP contribution is 2.37. The van der Waals surface area contributed by atoms with Gasteiger partial charge in [-0.25, -0.2) is 0 Å². The number of thioether (sulfide) groups is 1. The third kappa shape index (κ3) is 15.7. The van der Waals surface area contributed by atoms with Crippen molar-refractivity contribution in [2.45, 2.75) is 185 Å². The number of carbonyl (C=O) groups is 9. The van der Waals surface area contributed by atoms with Gasteiger partial charge in [0.15, 0.2) is 0 Å². The molecule has 0 spiro atoms. The molecule has 4 aromatic carbocycles. The van der Waals surface area contributed by atoms with Gasteiger partial charge in [-0.05, 0) is 181 Å². The number of rotatable bonds is 20. The first kappa shape index (κ1) is 66.8. The molecular weight excluding hydrogens is 1160 g/mol. The number of amides is 9. The molecule has 0 saturated carbocycles. The third-order valence-electron chi connectivity index (χ3n) is 18.7. The summed E-state index contributed by atoms with van der Waals surface area (Å²) >= 11 is 1.30. The summed E-state index contributed by atoms with van der Waals surface area (Å²) in [7, 11) is 3.31. The van der Waals surface area contributed by atoms with Crippen LogP contribution in [0.3, 0.4) is 0 Å². The lowest BCUT2D eigenvalue weighted by Crippen LogP contribution is -2.63. The van der Waals surface area contributed by atoms with Crippen LogP contribution >= 0.6 is 11.8 Å². The molecule has 3 heterocycles. The zero-order valence-electron chi connectivity index (χ0n) is 53.6. The molecule has 3 aliphatic heterocycles. The van der Waals surface area contributed by atoms with E-state index in [0.717, 1.165) is 80.0 Å². The summed E-state index contributed by atoms with van der Waals surface area (Å²) in [6.07, 6.45) is 8.24. The highest BCUT2D eigenvalue weighted by atomic mass is 32.2. The van der Waals surface area contributed by atoms with Gasteiger partial charge in [0.1, 0.15) is 24.2 Å². The van der Waals surface area contributed by atoms with Gasteiger partial charge in [-0.2, -0.15) is 0 Å². The monoisotopic (exact) mass is 1250 g/mol. The molecule has 482 valence electrons. The van der Waals surface area contributed by atoms with E-state index in [-0.39, 0.29) is 78.5 Å². The van der Waals surface area contributed by atoms with E-state index >= 15 is 4.79 Å². The Labute approximate surface area is 533 Å². The molecular formula is C69H91N11O9S. The van der Waals surface area contributed by atoms with Crippen LogP contribution in [0, 0.1) is 5.41 Å². The Balaban J connectivity index is 0.917.